The number of nitrogen functional groups attached to an aromatic ring is 1. The largest absolute Gasteiger partial charge is 0.384 e. The number of nitrogens with two attached hydrogens (primary N) is 1. The molecule has 3 heterocycles. The molecule has 3 aromatic heterocycles. The van der Waals surface area contributed by atoms with Crippen LogP contribution in [0, 0.1) is 0 Å². The molecule has 0 aliphatic heterocycles. The number of nitrogens with zero attached hydrogens (tertiary/aromatic N) is 3. The van der Waals surface area contributed by atoms with Gasteiger partial charge in [0.1, 0.15) is 20.4 Å². The lowest BCUT2D eigenvalue weighted by Gasteiger charge is -2.08. The smallest absolute Gasteiger partial charge is 0.221 e. The zero-order valence-electron chi connectivity index (χ0n) is 17.0. The van der Waals surface area contributed by atoms with Crippen LogP contribution in [0.25, 0.3) is 22.2 Å². The SMILES string of the molecule is CCCCCCCCn1c(N)c(S(=O)(=O)c2cccs2)c2nc3ccccc3nc21. The van der Waals surface area contributed by atoms with Gasteiger partial charge in [-0.2, -0.15) is 0 Å². The molecule has 0 saturated heterocycles. The lowest BCUT2D eigenvalue weighted by molar-refractivity contribution is 0.565. The number of para-hydroxylation sites is 2. The summed E-state index contributed by atoms with van der Waals surface area (Å²) in [6.07, 6.45) is 6.84. The van der Waals surface area contributed by atoms with Crippen molar-refractivity contribution in [3.8, 4) is 0 Å². The van der Waals surface area contributed by atoms with Gasteiger partial charge in [-0.1, -0.05) is 57.2 Å². The predicted octanol–water partition coefficient (Wildman–Crippen LogP) is 5.42. The standard InChI is InChI=1S/C22H26N4O2S2/c1-2-3-4-5-6-9-14-26-21(23)20(30(27,28)18-13-10-15-29-18)19-22(26)25-17-12-8-7-11-16(17)24-19/h7-8,10-13,15H,2-6,9,14,23H2,1H3. The van der Waals surface area contributed by atoms with Crippen LogP contribution in [0.15, 0.2) is 50.9 Å². The van der Waals surface area contributed by atoms with E-state index in [0.29, 0.717) is 23.2 Å². The molecule has 30 heavy (non-hydrogen) atoms. The fraction of sp³-hybridized carbons (Fsp3) is 0.364. The van der Waals surface area contributed by atoms with Crippen LogP contribution in [0.1, 0.15) is 45.4 Å². The van der Waals surface area contributed by atoms with Crippen molar-refractivity contribution in [2.45, 2.75) is 61.1 Å². The summed E-state index contributed by atoms with van der Waals surface area (Å²) >= 11 is 1.18. The molecule has 0 unspecified atom stereocenters. The number of fused-ring (bicyclic) bond motifs is 2. The van der Waals surface area contributed by atoms with Gasteiger partial charge in [-0.15, -0.1) is 11.3 Å². The molecule has 0 aliphatic carbocycles. The maximum atomic E-state index is 13.4. The molecule has 0 saturated carbocycles. The Morgan fingerprint density at radius 1 is 0.967 bits per heavy atom. The molecular formula is C22H26N4O2S2. The van der Waals surface area contributed by atoms with E-state index in [1.54, 1.807) is 17.5 Å². The van der Waals surface area contributed by atoms with E-state index in [4.69, 9.17) is 10.7 Å². The highest BCUT2D eigenvalue weighted by atomic mass is 32.2. The maximum absolute atomic E-state index is 13.4. The number of aromatic nitrogens is 3. The van der Waals surface area contributed by atoms with Crippen molar-refractivity contribution >= 4 is 49.2 Å². The highest BCUT2D eigenvalue weighted by molar-refractivity contribution is 7.93. The molecule has 0 spiro atoms. The van der Waals surface area contributed by atoms with E-state index in [2.05, 4.69) is 11.9 Å². The number of rotatable bonds is 9. The lowest BCUT2D eigenvalue weighted by atomic mass is 10.1. The highest BCUT2D eigenvalue weighted by Gasteiger charge is 2.30. The fourth-order valence-corrected chi connectivity index (χ4v) is 6.36. The molecule has 8 heteroatoms. The average molecular weight is 443 g/mol. The fourth-order valence-electron chi connectivity index (χ4n) is 3.75. The summed E-state index contributed by atoms with van der Waals surface area (Å²) in [5.41, 5.74) is 8.72. The third kappa shape index (κ3) is 3.81. The maximum Gasteiger partial charge on any atom is 0.221 e. The Morgan fingerprint density at radius 3 is 2.37 bits per heavy atom. The van der Waals surface area contributed by atoms with Crippen molar-refractivity contribution in [1.82, 2.24) is 14.5 Å². The first kappa shape index (κ1) is 20.8. The Bertz CT molecular complexity index is 1260. The van der Waals surface area contributed by atoms with Gasteiger partial charge < -0.3 is 10.3 Å². The normalized spacial score (nSPS) is 12.2. The Kier molecular flexibility index (Phi) is 6.06. The summed E-state index contributed by atoms with van der Waals surface area (Å²) in [6.45, 7) is 2.83. The molecule has 1 aromatic carbocycles. The van der Waals surface area contributed by atoms with E-state index in [0.717, 1.165) is 18.4 Å². The molecule has 6 nitrogen and oxygen atoms in total. The Morgan fingerprint density at radius 2 is 1.67 bits per heavy atom. The van der Waals surface area contributed by atoms with E-state index >= 15 is 0 Å². The summed E-state index contributed by atoms with van der Waals surface area (Å²) in [4.78, 5) is 9.48. The molecule has 158 valence electrons. The van der Waals surface area contributed by atoms with Crippen molar-refractivity contribution in [3.05, 3.63) is 41.8 Å². The Labute approximate surface area is 180 Å². The lowest BCUT2D eigenvalue weighted by Crippen LogP contribution is -2.07. The number of thiophene rings is 1. The van der Waals surface area contributed by atoms with Gasteiger partial charge in [0, 0.05) is 6.54 Å². The van der Waals surface area contributed by atoms with Crippen molar-refractivity contribution in [2.75, 3.05) is 5.73 Å². The van der Waals surface area contributed by atoms with Crippen molar-refractivity contribution < 1.29 is 8.42 Å². The predicted molar refractivity (Wildman–Crippen MR) is 123 cm³/mol. The second-order valence-electron chi connectivity index (χ2n) is 7.45. The number of hydrogen-bond donors (Lipinski definition) is 1. The monoisotopic (exact) mass is 442 g/mol. The molecule has 0 aliphatic rings. The van der Waals surface area contributed by atoms with Crippen LogP contribution in [0.2, 0.25) is 0 Å². The Hall–Kier alpha value is -2.45. The third-order valence-electron chi connectivity index (χ3n) is 5.31. The first-order valence-corrected chi connectivity index (χ1v) is 12.7. The van der Waals surface area contributed by atoms with Crippen LogP contribution >= 0.6 is 11.3 Å². The molecule has 2 N–H and O–H groups in total. The topological polar surface area (TPSA) is 90.9 Å². The molecular weight excluding hydrogens is 416 g/mol. The van der Waals surface area contributed by atoms with Crippen LogP contribution < -0.4 is 5.73 Å². The van der Waals surface area contributed by atoms with E-state index in [-0.39, 0.29) is 14.9 Å². The first-order chi connectivity index (χ1) is 14.5. The quantitative estimate of drug-likeness (QED) is 0.349. The number of anilines is 1. The van der Waals surface area contributed by atoms with Crippen molar-refractivity contribution in [2.24, 2.45) is 0 Å². The Balaban J connectivity index is 1.80. The van der Waals surface area contributed by atoms with E-state index < -0.39 is 9.84 Å². The van der Waals surface area contributed by atoms with Gasteiger partial charge in [0.2, 0.25) is 9.84 Å². The van der Waals surface area contributed by atoms with Crippen LogP contribution in [-0.2, 0) is 16.4 Å². The minimum Gasteiger partial charge on any atom is -0.384 e. The summed E-state index contributed by atoms with van der Waals surface area (Å²) in [6, 6.07) is 10.8. The minimum absolute atomic E-state index is 0.0733. The molecule has 4 aromatic rings. The van der Waals surface area contributed by atoms with Crippen LogP contribution in [-0.4, -0.2) is 23.0 Å². The molecule has 0 amide bonds. The third-order valence-corrected chi connectivity index (χ3v) is 8.52. The van der Waals surface area contributed by atoms with Gasteiger partial charge in [-0.05, 0) is 30.0 Å². The van der Waals surface area contributed by atoms with Crippen molar-refractivity contribution in [3.63, 3.8) is 0 Å². The molecule has 0 radical (unpaired) electrons. The van der Waals surface area contributed by atoms with Gasteiger partial charge in [0.05, 0.1) is 11.0 Å². The van der Waals surface area contributed by atoms with Crippen molar-refractivity contribution in [1.29, 1.82) is 0 Å². The van der Waals surface area contributed by atoms with Gasteiger partial charge in [-0.3, -0.25) is 0 Å². The minimum atomic E-state index is -3.77. The number of unbranched alkanes of at least 4 members (excludes halogenated alkanes) is 5. The number of aryl methyl sites for hydroxylation is 1. The molecule has 0 fully saturated rings. The molecule has 0 bridgehead atoms. The second kappa shape index (κ2) is 8.73. The van der Waals surface area contributed by atoms with Gasteiger partial charge in [-0.25, -0.2) is 18.4 Å². The van der Waals surface area contributed by atoms with Gasteiger partial charge >= 0.3 is 0 Å². The van der Waals surface area contributed by atoms with E-state index in [9.17, 15) is 8.42 Å². The summed E-state index contributed by atoms with van der Waals surface area (Å²) in [7, 11) is -3.77. The molecule has 0 atom stereocenters. The zero-order valence-corrected chi connectivity index (χ0v) is 18.7. The first-order valence-electron chi connectivity index (χ1n) is 10.4. The van der Waals surface area contributed by atoms with Gasteiger partial charge in [0.25, 0.3) is 0 Å². The van der Waals surface area contributed by atoms with E-state index in [1.807, 2.05) is 28.8 Å². The molecule has 4 rings (SSSR count). The summed E-state index contributed by atoms with van der Waals surface area (Å²) < 4.78 is 28.8. The van der Waals surface area contributed by atoms with Gasteiger partial charge in [0.15, 0.2) is 5.65 Å². The van der Waals surface area contributed by atoms with E-state index in [1.165, 1.54) is 37.0 Å². The zero-order chi connectivity index (χ0) is 21.1. The average Bonchev–Trinajstić information content (AvgIpc) is 3.36. The number of benzene rings is 1. The second-order valence-corrected chi connectivity index (χ2v) is 10.5. The number of hydrogen-bond acceptors (Lipinski definition) is 6. The van der Waals surface area contributed by atoms with Crippen LogP contribution in [0.5, 0.6) is 0 Å². The highest BCUT2D eigenvalue weighted by Crippen LogP contribution is 2.36. The summed E-state index contributed by atoms with van der Waals surface area (Å²) in [5.74, 6) is 0.224. The van der Waals surface area contributed by atoms with Crippen LogP contribution in [0.3, 0.4) is 0 Å². The number of sulfone groups is 1. The summed E-state index contributed by atoms with van der Waals surface area (Å²) in [5, 5.41) is 1.75. The van der Waals surface area contributed by atoms with Crippen LogP contribution in [0.4, 0.5) is 5.82 Å².